The van der Waals surface area contributed by atoms with Crippen molar-refractivity contribution in [3.8, 4) is 0 Å². The van der Waals surface area contributed by atoms with Crippen LogP contribution in [0.1, 0.15) is 19.3 Å². The van der Waals surface area contributed by atoms with E-state index in [0.29, 0.717) is 19.6 Å². The van der Waals surface area contributed by atoms with Crippen LogP contribution >= 0.6 is 0 Å². The number of likely N-dealkylation sites (tertiary alicyclic amines) is 1. The van der Waals surface area contributed by atoms with Crippen LogP contribution in [0.2, 0.25) is 0 Å². The minimum Gasteiger partial charge on any atom is -0.378 e. The molecule has 106 valence electrons. The van der Waals surface area contributed by atoms with Crippen molar-refractivity contribution in [2.45, 2.75) is 31.3 Å². The second-order valence-corrected chi connectivity index (χ2v) is 4.88. The van der Waals surface area contributed by atoms with Crippen LogP contribution in [0.5, 0.6) is 0 Å². The predicted octanol–water partition coefficient (Wildman–Crippen LogP) is -1.37. The van der Waals surface area contributed by atoms with Gasteiger partial charge in [0.25, 0.3) is 5.91 Å². The molecule has 3 amide bonds. The molecule has 2 rings (SSSR count). The molecule has 0 bridgehead atoms. The second-order valence-electron chi connectivity index (χ2n) is 4.88. The predicted molar refractivity (Wildman–Crippen MR) is 66.2 cm³/mol. The Morgan fingerprint density at radius 3 is 3.00 bits per heavy atom. The summed E-state index contributed by atoms with van der Waals surface area (Å²) in [5, 5.41) is 5.87. The van der Waals surface area contributed by atoms with Gasteiger partial charge in [-0.05, 0) is 6.42 Å². The van der Waals surface area contributed by atoms with Crippen molar-refractivity contribution >= 4 is 17.7 Å². The van der Waals surface area contributed by atoms with Crippen molar-refractivity contribution in [3.63, 3.8) is 0 Å². The van der Waals surface area contributed by atoms with Crippen molar-refractivity contribution in [3.05, 3.63) is 0 Å². The van der Waals surface area contributed by atoms with Crippen LogP contribution in [-0.4, -0.2) is 61.5 Å². The van der Waals surface area contributed by atoms with E-state index in [1.807, 2.05) is 0 Å². The fourth-order valence-corrected chi connectivity index (χ4v) is 2.28. The highest BCUT2D eigenvalue weighted by Gasteiger charge is 2.33. The standard InChI is InChI=1S/C12H19N3O4/c1-15-11(17)3-2-9(12(15)18)14-10(16)6-8-7-19-5-4-13-8/h8-9,13H,2-7H2,1H3,(H,14,16). The molecule has 2 N–H and O–H groups in total. The summed E-state index contributed by atoms with van der Waals surface area (Å²) in [5.74, 6) is -0.723. The molecule has 2 heterocycles. The third-order valence-electron chi connectivity index (χ3n) is 3.42. The number of ether oxygens (including phenoxy) is 1. The molecular formula is C12H19N3O4. The molecule has 2 aliphatic heterocycles. The van der Waals surface area contributed by atoms with E-state index < -0.39 is 6.04 Å². The summed E-state index contributed by atoms with van der Waals surface area (Å²) < 4.78 is 5.26. The number of carbonyl (C=O) groups is 3. The SMILES string of the molecule is CN1C(=O)CCC(NC(=O)CC2COCCN2)C1=O. The highest BCUT2D eigenvalue weighted by molar-refractivity contribution is 6.01. The lowest BCUT2D eigenvalue weighted by molar-refractivity contribution is -0.149. The summed E-state index contributed by atoms with van der Waals surface area (Å²) in [4.78, 5) is 36.1. The van der Waals surface area contributed by atoms with Crippen molar-refractivity contribution in [2.75, 3.05) is 26.8 Å². The van der Waals surface area contributed by atoms with Gasteiger partial charge in [-0.25, -0.2) is 0 Å². The normalized spacial score (nSPS) is 28.4. The monoisotopic (exact) mass is 269 g/mol. The first-order chi connectivity index (χ1) is 9.08. The molecule has 2 fully saturated rings. The number of hydrogen-bond donors (Lipinski definition) is 2. The summed E-state index contributed by atoms with van der Waals surface area (Å²) in [5.41, 5.74) is 0. The molecular weight excluding hydrogens is 250 g/mol. The van der Waals surface area contributed by atoms with Gasteiger partial charge in [0.05, 0.1) is 13.2 Å². The summed E-state index contributed by atoms with van der Waals surface area (Å²) in [6, 6.07) is -0.591. The minimum atomic E-state index is -0.584. The molecule has 2 saturated heterocycles. The van der Waals surface area contributed by atoms with Crippen LogP contribution in [0.15, 0.2) is 0 Å². The zero-order valence-corrected chi connectivity index (χ0v) is 11.0. The summed E-state index contributed by atoms with van der Waals surface area (Å²) >= 11 is 0. The van der Waals surface area contributed by atoms with Crippen LogP contribution in [0.4, 0.5) is 0 Å². The highest BCUT2D eigenvalue weighted by atomic mass is 16.5. The molecule has 2 atom stereocenters. The van der Waals surface area contributed by atoms with Crippen LogP contribution in [0.3, 0.4) is 0 Å². The van der Waals surface area contributed by atoms with E-state index in [0.717, 1.165) is 11.4 Å². The zero-order chi connectivity index (χ0) is 13.8. The maximum absolute atomic E-state index is 11.9. The molecule has 7 heteroatoms. The lowest BCUT2D eigenvalue weighted by atomic mass is 10.0. The lowest BCUT2D eigenvalue weighted by Crippen LogP contribution is -2.54. The Morgan fingerprint density at radius 2 is 2.32 bits per heavy atom. The zero-order valence-electron chi connectivity index (χ0n) is 11.0. The summed E-state index contributed by atoms with van der Waals surface area (Å²) in [6.45, 7) is 1.90. The van der Waals surface area contributed by atoms with Crippen LogP contribution in [-0.2, 0) is 19.1 Å². The molecule has 0 aromatic rings. The number of amides is 3. The molecule has 2 aliphatic rings. The smallest absolute Gasteiger partial charge is 0.251 e. The number of nitrogens with zero attached hydrogens (tertiary/aromatic N) is 1. The topological polar surface area (TPSA) is 87.7 Å². The molecule has 19 heavy (non-hydrogen) atoms. The Kier molecular flexibility index (Phi) is 4.49. The van der Waals surface area contributed by atoms with Gasteiger partial charge in [-0.3, -0.25) is 19.3 Å². The Bertz CT molecular complexity index is 379. The highest BCUT2D eigenvalue weighted by Crippen LogP contribution is 2.11. The third kappa shape index (κ3) is 3.51. The number of hydrogen-bond acceptors (Lipinski definition) is 5. The average molecular weight is 269 g/mol. The Labute approximate surface area is 111 Å². The van der Waals surface area contributed by atoms with E-state index in [-0.39, 0.29) is 36.6 Å². The Balaban J connectivity index is 1.81. The molecule has 0 aromatic heterocycles. The van der Waals surface area contributed by atoms with Crippen molar-refractivity contribution in [2.24, 2.45) is 0 Å². The lowest BCUT2D eigenvalue weighted by Gasteiger charge is -2.29. The Morgan fingerprint density at radius 1 is 1.53 bits per heavy atom. The number of carbonyl (C=O) groups excluding carboxylic acids is 3. The molecule has 0 radical (unpaired) electrons. The van der Waals surface area contributed by atoms with Gasteiger partial charge in [0.15, 0.2) is 0 Å². The van der Waals surface area contributed by atoms with Crippen molar-refractivity contribution < 1.29 is 19.1 Å². The maximum Gasteiger partial charge on any atom is 0.251 e. The number of nitrogens with one attached hydrogen (secondary N) is 2. The molecule has 0 aromatic carbocycles. The minimum absolute atomic E-state index is 0.00759. The molecule has 7 nitrogen and oxygen atoms in total. The van der Waals surface area contributed by atoms with E-state index in [9.17, 15) is 14.4 Å². The van der Waals surface area contributed by atoms with Crippen LogP contribution < -0.4 is 10.6 Å². The number of rotatable bonds is 3. The van der Waals surface area contributed by atoms with Crippen LogP contribution in [0, 0.1) is 0 Å². The van der Waals surface area contributed by atoms with E-state index in [2.05, 4.69) is 10.6 Å². The van der Waals surface area contributed by atoms with E-state index >= 15 is 0 Å². The van der Waals surface area contributed by atoms with Gasteiger partial charge < -0.3 is 15.4 Å². The molecule has 2 unspecified atom stereocenters. The number of imide groups is 1. The second kappa shape index (κ2) is 6.12. The molecule has 0 aliphatic carbocycles. The molecule has 0 saturated carbocycles. The van der Waals surface area contributed by atoms with Gasteiger partial charge in [0.2, 0.25) is 11.8 Å². The number of likely N-dealkylation sites (N-methyl/N-ethyl adjacent to an activating group) is 1. The fourth-order valence-electron chi connectivity index (χ4n) is 2.28. The largest absolute Gasteiger partial charge is 0.378 e. The van der Waals surface area contributed by atoms with E-state index in [4.69, 9.17) is 4.74 Å². The quantitative estimate of drug-likeness (QED) is 0.617. The van der Waals surface area contributed by atoms with Gasteiger partial charge in [-0.2, -0.15) is 0 Å². The van der Waals surface area contributed by atoms with Gasteiger partial charge in [0, 0.05) is 32.5 Å². The van der Waals surface area contributed by atoms with Gasteiger partial charge in [0.1, 0.15) is 6.04 Å². The van der Waals surface area contributed by atoms with E-state index in [1.54, 1.807) is 0 Å². The van der Waals surface area contributed by atoms with Gasteiger partial charge >= 0.3 is 0 Å². The number of piperidine rings is 1. The summed E-state index contributed by atoms with van der Waals surface area (Å²) in [7, 11) is 1.44. The first-order valence-corrected chi connectivity index (χ1v) is 6.49. The summed E-state index contributed by atoms with van der Waals surface area (Å²) in [6.07, 6.45) is 0.946. The third-order valence-corrected chi connectivity index (χ3v) is 3.42. The first kappa shape index (κ1) is 14.0. The maximum atomic E-state index is 11.9. The Hall–Kier alpha value is -1.47. The van der Waals surface area contributed by atoms with Gasteiger partial charge in [-0.1, -0.05) is 0 Å². The fraction of sp³-hybridized carbons (Fsp3) is 0.750. The van der Waals surface area contributed by atoms with Crippen molar-refractivity contribution in [1.29, 1.82) is 0 Å². The molecule has 0 spiro atoms. The van der Waals surface area contributed by atoms with Crippen molar-refractivity contribution in [1.82, 2.24) is 15.5 Å². The number of morpholine rings is 1. The van der Waals surface area contributed by atoms with Gasteiger partial charge in [-0.15, -0.1) is 0 Å². The first-order valence-electron chi connectivity index (χ1n) is 6.49. The van der Waals surface area contributed by atoms with E-state index in [1.165, 1.54) is 7.05 Å². The van der Waals surface area contributed by atoms with Crippen LogP contribution in [0.25, 0.3) is 0 Å². The average Bonchev–Trinajstić information content (AvgIpc) is 2.41.